The molecule has 0 amide bonds. The van der Waals surface area contributed by atoms with E-state index in [-0.39, 0.29) is 6.42 Å². The summed E-state index contributed by atoms with van der Waals surface area (Å²) in [6, 6.07) is 7.12. The minimum Gasteiger partial charge on any atom is -0.479 e. The summed E-state index contributed by atoms with van der Waals surface area (Å²) in [4.78, 5) is 10.6. The number of halogens is 1. The molecule has 1 aromatic carbocycles. The zero-order chi connectivity index (χ0) is 11.5. The van der Waals surface area contributed by atoms with Gasteiger partial charge in [-0.1, -0.05) is 23.7 Å². The molecule has 0 fully saturated rings. The molecule has 0 saturated carbocycles. The maximum Gasteiger partial charge on any atom is 0.335 e. The lowest BCUT2D eigenvalue weighted by Gasteiger charge is -2.17. The van der Waals surface area contributed by atoms with Crippen LogP contribution < -0.4 is 0 Å². The molecule has 82 valence electrons. The molecule has 15 heavy (non-hydrogen) atoms. The Kier molecular flexibility index (Phi) is 3.72. The van der Waals surface area contributed by atoms with Crippen molar-refractivity contribution in [3.05, 3.63) is 34.9 Å². The van der Waals surface area contributed by atoms with Crippen LogP contribution in [0.2, 0.25) is 5.02 Å². The molecule has 0 aliphatic heterocycles. The average molecular weight is 229 g/mol. The normalized spacial score (nSPS) is 14.6. The van der Waals surface area contributed by atoms with Gasteiger partial charge in [-0.25, -0.2) is 4.79 Å². The second kappa shape index (κ2) is 4.64. The number of carboxylic acids is 1. The van der Waals surface area contributed by atoms with E-state index in [0.717, 1.165) is 5.56 Å². The zero-order valence-corrected chi connectivity index (χ0v) is 9.16. The molecule has 1 rings (SSSR count). The highest BCUT2D eigenvalue weighted by Gasteiger charge is 2.28. The Bertz CT molecular complexity index is 343. The van der Waals surface area contributed by atoms with Crippen molar-refractivity contribution in [2.45, 2.75) is 25.4 Å². The molecular weight excluding hydrogens is 216 g/mol. The summed E-state index contributed by atoms with van der Waals surface area (Å²) in [6.07, 6.45) is 0.695. The van der Waals surface area contributed by atoms with Gasteiger partial charge in [-0.05, 0) is 37.5 Å². The summed E-state index contributed by atoms with van der Waals surface area (Å²) in [7, 11) is 0. The summed E-state index contributed by atoms with van der Waals surface area (Å²) in [5, 5.41) is 18.8. The maximum atomic E-state index is 10.6. The third-order valence-corrected chi connectivity index (χ3v) is 2.53. The van der Waals surface area contributed by atoms with Gasteiger partial charge in [0, 0.05) is 5.02 Å². The smallest absolute Gasteiger partial charge is 0.335 e. The van der Waals surface area contributed by atoms with E-state index in [1.54, 1.807) is 12.1 Å². The van der Waals surface area contributed by atoms with E-state index in [2.05, 4.69) is 0 Å². The molecule has 2 N–H and O–H groups in total. The van der Waals surface area contributed by atoms with Crippen molar-refractivity contribution in [2.24, 2.45) is 0 Å². The van der Waals surface area contributed by atoms with Crippen molar-refractivity contribution in [1.29, 1.82) is 0 Å². The molecule has 0 saturated heterocycles. The lowest BCUT2D eigenvalue weighted by Crippen LogP contribution is -2.35. The predicted molar refractivity (Wildman–Crippen MR) is 58.0 cm³/mol. The minimum absolute atomic E-state index is 0.184. The highest BCUT2D eigenvalue weighted by molar-refractivity contribution is 6.30. The van der Waals surface area contributed by atoms with Gasteiger partial charge in [-0.2, -0.15) is 0 Å². The molecule has 0 spiro atoms. The first-order valence-electron chi connectivity index (χ1n) is 4.62. The van der Waals surface area contributed by atoms with E-state index in [1.807, 2.05) is 12.1 Å². The van der Waals surface area contributed by atoms with E-state index in [9.17, 15) is 9.90 Å². The standard InChI is InChI=1S/C11H13ClO3/c1-11(15,10(13)14)7-6-8-2-4-9(12)5-3-8/h2-5,15H,6-7H2,1H3,(H,13,14). The van der Waals surface area contributed by atoms with Gasteiger partial charge >= 0.3 is 5.97 Å². The van der Waals surface area contributed by atoms with Crippen LogP contribution in [-0.4, -0.2) is 21.8 Å². The number of rotatable bonds is 4. The molecular formula is C11H13ClO3. The SMILES string of the molecule is CC(O)(CCc1ccc(Cl)cc1)C(=O)O. The van der Waals surface area contributed by atoms with E-state index in [4.69, 9.17) is 16.7 Å². The van der Waals surface area contributed by atoms with E-state index in [1.165, 1.54) is 6.92 Å². The maximum absolute atomic E-state index is 10.6. The fraction of sp³-hybridized carbons (Fsp3) is 0.364. The van der Waals surface area contributed by atoms with Crippen molar-refractivity contribution in [1.82, 2.24) is 0 Å². The highest BCUT2D eigenvalue weighted by atomic mass is 35.5. The van der Waals surface area contributed by atoms with E-state index in [0.29, 0.717) is 11.4 Å². The van der Waals surface area contributed by atoms with Gasteiger partial charge in [0.05, 0.1) is 0 Å². The second-order valence-electron chi connectivity index (χ2n) is 3.71. The Hall–Kier alpha value is -1.06. The molecule has 0 aromatic heterocycles. The van der Waals surface area contributed by atoms with Crippen LogP contribution in [-0.2, 0) is 11.2 Å². The molecule has 3 nitrogen and oxygen atoms in total. The Morgan fingerprint density at radius 3 is 2.40 bits per heavy atom. The van der Waals surface area contributed by atoms with E-state index >= 15 is 0 Å². The summed E-state index contributed by atoms with van der Waals surface area (Å²) in [5.41, 5.74) is -0.708. The predicted octanol–water partition coefficient (Wildman–Crippen LogP) is 2.11. The first-order chi connectivity index (χ1) is 6.92. The zero-order valence-electron chi connectivity index (χ0n) is 8.40. The van der Waals surface area contributed by atoms with Gasteiger partial charge in [-0.15, -0.1) is 0 Å². The number of benzene rings is 1. The summed E-state index contributed by atoms with van der Waals surface area (Å²) < 4.78 is 0. The summed E-state index contributed by atoms with van der Waals surface area (Å²) >= 11 is 5.71. The van der Waals surface area contributed by atoms with Gasteiger partial charge in [0.15, 0.2) is 5.60 Å². The van der Waals surface area contributed by atoms with Crippen LogP contribution in [0.4, 0.5) is 0 Å². The number of hydrogen-bond acceptors (Lipinski definition) is 2. The first-order valence-corrected chi connectivity index (χ1v) is 5.00. The van der Waals surface area contributed by atoms with Crippen molar-refractivity contribution < 1.29 is 15.0 Å². The lowest BCUT2D eigenvalue weighted by molar-refractivity contribution is -0.157. The van der Waals surface area contributed by atoms with Gasteiger partial charge in [0.1, 0.15) is 0 Å². The largest absolute Gasteiger partial charge is 0.479 e. The first kappa shape index (κ1) is 12.0. The summed E-state index contributed by atoms with van der Waals surface area (Å²) in [6.45, 7) is 1.30. The molecule has 0 aliphatic rings. The van der Waals surface area contributed by atoms with Crippen molar-refractivity contribution in [3.8, 4) is 0 Å². The Morgan fingerprint density at radius 1 is 1.40 bits per heavy atom. The molecule has 0 bridgehead atoms. The van der Waals surface area contributed by atoms with Crippen molar-refractivity contribution in [3.63, 3.8) is 0 Å². The van der Waals surface area contributed by atoms with Crippen LogP contribution in [0.1, 0.15) is 18.9 Å². The van der Waals surface area contributed by atoms with Crippen LogP contribution in [0.15, 0.2) is 24.3 Å². The molecule has 1 aromatic rings. The van der Waals surface area contributed by atoms with E-state index < -0.39 is 11.6 Å². The summed E-state index contributed by atoms with van der Waals surface area (Å²) in [5.74, 6) is -1.20. The van der Waals surface area contributed by atoms with Crippen LogP contribution in [0.25, 0.3) is 0 Å². The monoisotopic (exact) mass is 228 g/mol. The third-order valence-electron chi connectivity index (χ3n) is 2.27. The van der Waals surface area contributed by atoms with Crippen LogP contribution in [0, 0.1) is 0 Å². The van der Waals surface area contributed by atoms with Crippen LogP contribution >= 0.6 is 11.6 Å². The quantitative estimate of drug-likeness (QED) is 0.830. The van der Waals surface area contributed by atoms with Gasteiger partial charge in [0.25, 0.3) is 0 Å². The third kappa shape index (κ3) is 3.53. The lowest BCUT2D eigenvalue weighted by atomic mass is 9.97. The van der Waals surface area contributed by atoms with Crippen LogP contribution in [0.5, 0.6) is 0 Å². The van der Waals surface area contributed by atoms with Gasteiger partial charge in [-0.3, -0.25) is 0 Å². The number of aliphatic hydroxyl groups is 1. The van der Waals surface area contributed by atoms with Gasteiger partial charge in [0.2, 0.25) is 0 Å². The number of aliphatic carboxylic acids is 1. The Morgan fingerprint density at radius 2 is 1.93 bits per heavy atom. The average Bonchev–Trinajstić information content (AvgIpc) is 2.17. The number of hydrogen-bond donors (Lipinski definition) is 2. The van der Waals surface area contributed by atoms with Crippen LogP contribution in [0.3, 0.4) is 0 Å². The molecule has 0 heterocycles. The number of carboxylic acid groups (broad SMARTS) is 1. The Balaban J connectivity index is 2.57. The fourth-order valence-electron chi connectivity index (χ4n) is 1.15. The topological polar surface area (TPSA) is 57.5 Å². The fourth-order valence-corrected chi connectivity index (χ4v) is 1.27. The molecule has 4 heteroatoms. The molecule has 1 unspecified atom stereocenters. The van der Waals surface area contributed by atoms with Crippen molar-refractivity contribution >= 4 is 17.6 Å². The van der Waals surface area contributed by atoms with Gasteiger partial charge < -0.3 is 10.2 Å². The molecule has 0 radical (unpaired) electrons. The number of aryl methyl sites for hydroxylation is 1. The Labute approximate surface area is 93.3 Å². The van der Waals surface area contributed by atoms with Crippen molar-refractivity contribution in [2.75, 3.05) is 0 Å². The molecule has 1 atom stereocenters. The minimum atomic E-state index is -1.67. The second-order valence-corrected chi connectivity index (χ2v) is 4.14. The molecule has 0 aliphatic carbocycles. The number of carbonyl (C=O) groups is 1. The highest BCUT2D eigenvalue weighted by Crippen LogP contribution is 2.16.